The predicted octanol–water partition coefficient (Wildman–Crippen LogP) is 7.37. The molecule has 3 aromatic carbocycles. The molecule has 0 radical (unpaired) electrons. The summed E-state index contributed by atoms with van der Waals surface area (Å²) < 4.78 is 12.4. The predicted molar refractivity (Wildman–Crippen MR) is 228 cm³/mol. The number of carbonyl (C=O) groups is 3. The van der Waals surface area contributed by atoms with Crippen molar-refractivity contribution in [3.05, 3.63) is 107 Å². The number of unbranched alkanes of at least 4 members (excludes halogenated alkanes) is 1. The van der Waals surface area contributed by atoms with Crippen molar-refractivity contribution < 1.29 is 23.9 Å². The third kappa shape index (κ3) is 10.2. The lowest BCUT2D eigenvalue weighted by atomic mass is 10.0. The van der Waals surface area contributed by atoms with Crippen LogP contribution in [0.3, 0.4) is 0 Å². The van der Waals surface area contributed by atoms with E-state index in [4.69, 9.17) is 14.5 Å². The number of nitrogens with zero attached hydrogens (tertiary/aromatic N) is 5. The molecule has 1 saturated heterocycles. The number of hydrogen-bond donors (Lipinski definition) is 2. The minimum atomic E-state index is -1.16. The van der Waals surface area contributed by atoms with E-state index in [1.807, 2.05) is 49.4 Å². The van der Waals surface area contributed by atoms with Gasteiger partial charge >= 0.3 is 0 Å². The number of aryl methyl sites for hydroxylation is 1. The highest BCUT2D eigenvalue weighted by Crippen LogP contribution is 2.36. The van der Waals surface area contributed by atoms with Gasteiger partial charge in [0.25, 0.3) is 11.8 Å². The quantitative estimate of drug-likeness (QED) is 0.110. The van der Waals surface area contributed by atoms with Gasteiger partial charge in [0.15, 0.2) is 6.29 Å². The van der Waals surface area contributed by atoms with E-state index >= 15 is 0 Å². The van der Waals surface area contributed by atoms with Crippen LogP contribution in [-0.4, -0.2) is 96.0 Å². The van der Waals surface area contributed by atoms with Gasteiger partial charge in [-0.2, -0.15) is 0 Å². The molecule has 300 valence electrons. The lowest BCUT2D eigenvalue weighted by Crippen LogP contribution is -2.60. The molecule has 3 heterocycles. The normalized spacial score (nSPS) is 13.9. The number of benzene rings is 3. The molecule has 1 aliphatic heterocycles. The van der Waals surface area contributed by atoms with Crippen molar-refractivity contribution in [2.75, 3.05) is 57.6 Å². The van der Waals surface area contributed by atoms with Gasteiger partial charge in [0.05, 0.1) is 29.6 Å². The van der Waals surface area contributed by atoms with Gasteiger partial charge in [-0.3, -0.25) is 24.3 Å². The number of pyridine rings is 1. The first-order chi connectivity index (χ1) is 25.6. The van der Waals surface area contributed by atoms with Crippen molar-refractivity contribution in [3.63, 3.8) is 0 Å². The van der Waals surface area contributed by atoms with Crippen molar-refractivity contribution in [2.45, 2.75) is 45.3 Å². The minimum Gasteiger partial charge on any atom is -0.495 e. The number of rotatable bonds is 14. The second-order valence-electron chi connectivity index (χ2n) is 13.5. The maximum Gasteiger partial charge on any atom is 0.258 e. The maximum absolute atomic E-state index is 14.1. The molecule has 56 heavy (non-hydrogen) atoms. The highest BCUT2D eigenvalue weighted by molar-refractivity contribution is 6.12. The van der Waals surface area contributed by atoms with Crippen molar-refractivity contribution in [1.29, 1.82) is 0 Å². The van der Waals surface area contributed by atoms with Gasteiger partial charge < -0.3 is 29.6 Å². The molecule has 1 aliphatic rings. The molecular weight excluding hydrogens is 777 g/mol. The van der Waals surface area contributed by atoms with Gasteiger partial charge in [0, 0.05) is 63.5 Å². The number of halogens is 3. The Labute approximate surface area is 346 Å². The first kappa shape index (κ1) is 45.7. The highest BCUT2D eigenvalue weighted by atomic mass is 35.5. The molecule has 0 aliphatic carbocycles. The number of fused-ring (bicyclic) bond motifs is 1. The molecule has 1 fully saturated rings. The van der Waals surface area contributed by atoms with Crippen molar-refractivity contribution >= 4 is 77.7 Å². The van der Waals surface area contributed by atoms with Crippen LogP contribution in [0.15, 0.2) is 79.0 Å². The van der Waals surface area contributed by atoms with Gasteiger partial charge in [0.1, 0.15) is 22.8 Å². The summed E-state index contributed by atoms with van der Waals surface area (Å²) in [5, 5.41) is 2.94. The molecule has 5 aromatic rings. The average Bonchev–Trinajstić information content (AvgIpc) is 3.59. The summed E-state index contributed by atoms with van der Waals surface area (Å²) in [6.07, 6.45) is 5.42. The van der Waals surface area contributed by atoms with Crippen LogP contribution in [0.4, 0.5) is 11.4 Å². The molecule has 2 N–H and O–H groups in total. The largest absolute Gasteiger partial charge is 0.495 e. The molecular formula is C41H50Cl3N7O5. The summed E-state index contributed by atoms with van der Waals surface area (Å²) in [4.78, 5) is 58.9. The third-order valence-electron chi connectivity index (χ3n) is 9.76. The highest BCUT2D eigenvalue weighted by Gasteiger charge is 2.41. The second kappa shape index (κ2) is 20.4. The van der Waals surface area contributed by atoms with Crippen LogP contribution in [0.1, 0.15) is 64.0 Å². The zero-order chi connectivity index (χ0) is 37.5. The van der Waals surface area contributed by atoms with E-state index in [-0.39, 0.29) is 49.0 Å². The number of piperazine rings is 1. The number of amides is 2. The zero-order valence-corrected chi connectivity index (χ0v) is 34.7. The van der Waals surface area contributed by atoms with Crippen LogP contribution < -0.4 is 19.7 Å². The number of aromatic amines is 1. The molecule has 6 rings (SSSR count). The fraction of sp³-hybridized carbons (Fsp3) is 0.341. The van der Waals surface area contributed by atoms with Crippen LogP contribution in [0.5, 0.6) is 11.5 Å². The molecule has 15 heteroatoms. The number of carbonyl (C=O) groups excluding carboxylic acids is 3. The molecule has 0 spiro atoms. The van der Waals surface area contributed by atoms with E-state index in [2.05, 4.69) is 39.1 Å². The first-order valence-electron chi connectivity index (χ1n) is 18.0. The number of likely N-dealkylation sites (N-methyl/N-ethyl adjacent to an activating group) is 1. The topological polar surface area (TPSA) is 133 Å². The van der Waals surface area contributed by atoms with Gasteiger partial charge in [-0.15, -0.1) is 37.2 Å². The van der Waals surface area contributed by atoms with Crippen LogP contribution in [-0.2, 0) is 11.2 Å². The standard InChI is InChI=1S/C41H47N7O5.3ClH/c1-6-7-18-41(27-49,48-22-20-46(3)21-23-48)53-36-24-28(2)14-17-34(36)47(4)40(51)29-15-16-32(35(25-29)52-5)44-39(50)31-12-10-13-33-38(31)45-37(43-33)26-30-11-8-9-19-42-30;;;/h8-17,19,24-25,27H,6-7,18,20-23,26H2,1-5H3,(H,43,45)(H,44,50);3*1H. The number of methoxy groups -OCH3 is 1. The fourth-order valence-corrected chi connectivity index (χ4v) is 6.66. The first-order valence-corrected chi connectivity index (χ1v) is 18.0. The van der Waals surface area contributed by atoms with E-state index in [9.17, 15) is 14.4 Å². The lowest BCUT2D eigenvalue weighted by Gasteiger charge is -2.44. The van der Waals surface area contributed by atoms with Crippen molar-refractivity contribution in [2.24, 2.45) is 0 Å². The molecule has 0 saturated carbocycles. The monoisotopic (exact) mass is 825 g/mol. The average molecular weight is 827 g/mol. The number of ether oxygens (including phenoxy) is 2. The zero-order valence-electron chi connectivity index (χ0n) is 32.2. The van der Waals surface area contributed by atoms with E-state index < -0.39 is 5.72 Å². The molecule has 0 bridgehead atoms. The Morgan fingerprint density at radius 1 is 0.982 bits per heavy atom. The second-order valence-corrected chi connectivity index (χ2v) is 13.5. The maximum atomic E-state index is 14.1. The summed E-state index contributed by atoms with van der Waals surface area (Å²) >= 11 is 0. The summed E-state index contributed by atoms with van der Waals surface area (Å²) in [5.74, 6) is 0.779. The van der Waals surface area contributed by atoms with Gasteiger partial charge in [0.2, 0.25) is 5.72 Å². The number of hydrogen-bond acceptors (Lipinski definition) is 9. The van der Waals surface area contributed by atoms with Crippen LogP contribution >= 0.6 is 37.2 Å². The molecule has 2 aromatic heterocycles. The Kier molecular flexibility index (Phi) is 16.7. The lowest BCUT2D eigenvalue weighted by molar-refractivity contribution is -0.146. The Morgan fingerprint density at radius 3 is 2.43 bits per heavy atom. The summed E-state index contributed by atoms with van der Waals surface area (Å²) in [7, 11) is 5.24. The Morgan fingerprint density at radius 2 is 1.75 bits per heavy atom. The molecule has 12 nitrogen and oxygen atoms in total. The van der Waals surface area contributed by atoms with Gasteiger partial charge in [-0.1, -0.05) is 31.5 Å². The third-order valence-corrected chi connectivity index (χ3v) is 9.76. The Bertz CT molecular complexity index is 2090. The van der Waals surface area contributed by atoms with E-state index in [1.54, 1.807) is 43.6 Å². The number of imidazole rings is 1. The smallest absolute Gasteiger partial charge is 0.258 e. The number of aromatic nitrogens is 3. The fourth-order valence-electron chi connectivity index (χ4n) is 6.66. The molecule has 2 amide bonds. The summed E-state index contributed by atoms with van der Waals surface area (Å²) in [5.41, 5.74) is 3.58. The van der Waals surface area contributed by atoms with Crippen molar-refractivity contribution in [3.8, 4) is 11.5 Å². The minimum absolute atomic E-state index is 0. The number of nitrogens with one attached hydrogen (secondary N) is 2. The SMILES string of the molecule is CCCCC(C=O)(Oc1cc(C)ccc1N(C)C(=O)c1ccc(NC(=O)c2cccc3[nH]c(Cc4ccccn4)nc23)c(OC)c1)N1CCN(C)CC1.Cl.Cl.Cl. The van der Waals surface area contributed by atoms with Crippen molar-refractivity contribution in [1.82, 2.24) is 24.8 Å². The number of H-pyrrole nitrogens is 1. The number of para-hydroxylation sites is 1. The van der Waals surface area contributed by atoms with Gasteiger partial charge in [-0.25, -0.2) is 4.98 Å². The summed E-state index contributed by atoms with van der Waals surface area (Å²) in [6.45, 7) is 7.09. The van der Waals surface area contributed by atoms with E-state index in [0.717, 1.165) is 49.0 Å². The van der Waals surface area contributed by atoms with Crippen LogP contribution in [0, 0.1) is 6.92 Å². The Hall–Kier alpha value is -4.72. The number of anilines is 2. The van der Waals surface area contributed by atoms with Crippen LogP contribution in [0.25, 0.3) is 11.0 Å². The molecule has 1 unspecified atom stereocenters. The molecule has 1 atom stereocenters. The van der Waals surface area contributed by atoms with E-state index in [1.165, 1.54) is 12.0 Å². The Balaban J connectivity index is 0.00000280. The van der Waals surface area contributed by atoms with Gasteiger partial charge in [-0.05, 0) is 80.6 Å². The van der Waals surface area contributed by atoms with E-state index in [0.29, 0.717) is 71.3 Å². The number of aldehydes is 1. The van der Waals surface area contributed by atoms with Crippen LogP contribution in [0.2, 0.25) is 0 Å². The summed E-state index contributed by atoms with van der Waals surface area (Å²) in [6, 6.07) is 21.6.